The molecule has 15 rings (SSSR count). The van der Waals surface area contributed by atoms with E-state index < -0.39 is 16.1 Å². The summed E-state index contributed by atoms with van der Waals surface area (Å²) in [7, 11) is -3.15. The Morgan fingerprint density at radius 1 is 0.297 bits per heavy atom. The van der Waals surface area contributed by atoms with Gasteiger partial charge in [0.05, 0.1) is 77.0 Å². The Labute approximate surface area is 865 Å². The molecule has 0 heterocycles. The third-order valence-electron chi connectivity index (χ3n) is 28.7. The van der Waals surface area contributed by atoms with Gasteiger partial charge in [-0.3, -0.25) is 19.2 Å². The van der Waals surface area contributed by atoms with Gasteiger partial charge in [0.2, 0.25) is 0 Å². The molecule has 0 amide bonds. The van der Waals surface area contributed by atoms with Crippen molar-refractivity contribution < 1.29 is 66.8 Å². The Balaban J connectivity index is 0.000000173. The number of ether oxygens (including phenoxy) is 5. The second kappa shape index (κ2) is 46.2. The second-order valence-electron chi connectivity index (χ2n) is 45.0. The maximum absolute atomic E-state index is 12.8. The van der Waals surface area contributed by atoms with E-state index in [-0.39, 0.29) is 80.1 Å². The Morgan fingerprint density at radius 3 is 0.703 bits per heavy atom. The number of aryl methyl sites for hydroxylation is 5. The molecule has 760 valence electrons. The first-order chi connectivity index (χ1) is 68.0. The first kappa shape index (κ1) is 112. The molecule has 0 fully saturated rings. The van der Waals surface area contributed by atoms with Gasteiger partial charge < -0.3 is 23.7 Å². The van der Waals surface area contributed by atoms with E-state index >= 15 is 0 Å². The Morgan fingerprint density at radius 2 is 0.490 bits per heavy atom. The first-order valence-corrected chi connectivity index (χ1v) is 58.7. The molecule has 0 aromatic heterocycles. The number of benzene rings is 10. The van der Waals surface area contributed by atoms with Crippen LogP contribution in [0.25, 0.3) is 33.4 Å². The van der Waals surface area contributed by atoms with Crippen LogP contribution in [0.15, 0.2) is 219 Å². The first-order valence-electron chi connectivity index (χ1n) is 51.5. The van der Waals surface area contributed by atoms with Crippen molar-refractivity contribution in [1.29, 1.82) is 0 Å². The topological polar surface area (TPSA) is 200 Å². The van der Waals surface area contributed by atoms with Gasteiger partial charge >= 0.3 is 29.8 Å². The summed E-state index contributed by atoms with van der Waals surface area (Å²) in [5.74, 6) is -0.181. The Hall–Kier alpha value is -12.9. The van der Waals surface area contributed by atoms with Crippen LogP contribution in [0.5, 0.6) is 0 Å². The molecule has 0 bridgehead atoms. The molecular formula is C129H152O14Si2. The molecule has 14 nitrogen and oxygen atoms in total. The van der Waals surface area contributed by atoms with E-state index in [0.717, 1.165) is 171 Å². The Bertz CT molecular complexity index is 6450. The molecule has 0 aliphatic heterocycles. The fourth-order valence-electron chi connectivity index (χ4n) is 20.0. The predicted molar refractivity (Wildman–Crippen MR) is 600 cm³/mol. The van der Waals surface area contributed by atoms with Crippen LogP contribution in [-0.2, 0) is 50.8 Å². The quantitative estimate of drug-likeness (QED) is 0.0333. The van der Waals surface area contributed by atoms with Gasteiger partial charge in [0.25, 0.3) is 0 Å². The minimum Gasteiger partial charge on any atom is -0.462 e. The van der Waals surface area contributed by atoms with E-state index in [1.165, 1.54) is 33.4 Å². The standard InChI is InChI=1S/2C27H34O3Si.C27H32O2.2C24H26O3/c2*1-8-30-26(29)20-11-9-19(10-12-20)23(17-31(5,6)7)21-16-22-24(15-18(21)2)27(3,4)14-13-25(22)28;1-8-29-26(28)21-11-9-20(10-12-21)19(5)23-16-24-22(17(2)3)13-14-27(6,7)25(24)15-18(23)4;2*1-6-27-23(26)18-9-7-17(8-10-18)16(3)19-14-20-21(13-15(19)2)24(4,5)12-11-22(20)25/h2*9-12,15-17H,8,13-14H2,1-7H3;9-13,15-17H,5,8,14H2,1-4,6-7H3;2*7-10,13-14H,3,6,11-12H2,1-2,4-5H3. The van der Waals surface area contributed by atoms with Crippen molar-refractivity contribution in [2.75, 3.05) is 33.0 Å². The number of esters is 5. The molecule has 0 radical (unpaired) electrons. The predicted octanol–water partition coefficient (Wildman–Crippen LogP) is 31.4. The van der Waals surface area contributed by atoms with Crippen molar-refractivity contribution in [1.82, 2.24) is 0 Å². The van der Waals surface area contributed by atoms with Crippen molar-refractivity contribution in [3.05, 3.63) is 386 Å². The van der Waals surface area contributed by atoms with Crippen LogP contribution >= 0.6 is 0 Å². The SMILES string of the molecule is C=C(c1ccc(C(=O)OCC)cc1)c1cc2c(cc1C)C(C)(C)CC=C2C(C)C.C=C(c1ccc(C(=O)OCC)cc1)c1cc2c(cc1C)C(C)(C)CCC2=O.C=C(c1ccc(C(=O)OCC)cc1)c1cc2c(cc1C)C(C)(C)CCC2=O.CCOC(=O)c1ccc(C(=C[Si](C)(C)C)c2cc3c(cc2C)C(C)(C)CCC3=O)cc1.CCOC(=O)c1ccc(C(=C[Si](C)(C)C)c2cc3c(cc2C)C(C)(C)CCC3=O)cc1. The molecule has 10 aromatic rings. The summed E-state index contributed by atoms with van der Waals surface area (Å²) < 4.78 is 25.4. The number of carbonyl (C=O) groups excluding carboxylic acids is 9. The third kappa shape index (κ3) is 26.7. The van der Waals surface area contributed by atoms with Gasteiger partial charge in [-0.25, -0.2) is 24.0 Å². The maximum Gasteiger partial charge on any atom is 0.338 e. The number of hydrogen-bond acceptors (Lipinski definition) is 14. The van der Waals surface area contributed by atoms with E-state index in [9.17, 15) is 43.2 Å². The molecule has 10 aromatic carbocycles. The van der Waals surface area contributed by atoms with Gasteiger partial charge in [0.15, 0.2) is 23.1 Å². The van der Waals surface area contributed by atoms with Crippen LogP contribution in [-0.4, -0.2) is 102 Å². The lowest BCUT2D eigenvalue weighted by Gasteiger charge is -2.34. The van der Waals surface area contributed by atoms with Crippen molar-refractivity contribution in [3.8, 4) is 0 Å². The summed E-state index contributed by atoms with van der Waals surface area (Å²) in [6.45, 7) is 74.9. The van der Waals surface area contributed by atoms with Crippen molar-refractivity contribution in [3.63, 3.8) is 0 Å². The monoisotopic (exact) mass is 1980 g/mol. The number of ketones is 4. The number of Topliss-reactive ketones (excluding diaryl/α,β-unsaturated/α-hetero) is 4. The highest BCUT2D eigenvalue weighted by atomic mass is 28.3. The normalized spacial score (nSPS) is 15.5. The highest BCUT2D eigenvalue weighted by Crippen LogP contribution is 2.48. The minimum atomic E-state index is -1.58. The average molecular weight is 1980 g/mol. The molecule has 0 N–H and O–H groups in total. The lowest BCUT2D eigenvalue weighted by atomic mass is 9.70. The second-order valence-corrected chi connectivity index (χ2v) is 55.0. The lowest BCUT2D eigenvalue weighted by Crippen LogP contribution is -2.27. The van der Waals surface area contributed by atoms with Crippen molar-refractivity contribution in [2.45, 2.75) is 276 Å². The van der Waals surface area contributed by atoms with Gasteiger partial charge in [-0.1, -0.05) is 251 Å². The van der Waals surface area contributed by atoms with Gasteiger partial charge in [0.1, 0.15) is 0 Å². The highest BCUT2D eigenvalue weighted by Gasteiger charge is 2.39. The number of allylic oxidation sites excluding steroid dienone is 2. The molecule has 16 heteroatoms. The van der Waals surface area contributed by atoms with Crippen LogP contribution in [0.4, 0.5) is 0 Å². The summed E-state index contributed by atoms with van der Waals surface area (Å²) in [5, 5.41) is 0. The molecule has 5 aliphatic rings. The van der Waals surface area contributed by atoms with Crippen LogP contribution in [0, 0.1) is 40.5 Å². The number of rotatable bonds is 23. The smallest absolute Gasteiger partial charge is 0.338 e. The fourth-order valence-corrected chi connectivity index (χ4v) is 22.4. The van der Waals surface area contributed by atoms with E-state index in [0.29, 0.717) is 92.5 Å². The van der Waals surface area contributed by atoms with Crippen LogP contribution in [0.3, 0.4) is 0 Å². The molecule has 0 saturated carbocycles. The third-order valence-corrected chi connectivity index (χ3v) is 31.0. The number of fused-ring (bicyclic) bond motifs is 5. The van der Waals surface area contributed by atoms with Crippen molar-refractivity contribution in [2.24, 2.45) is 5.92 Å². The van der Waals surface area contributed by atoms with Gasteiger partial charge in [-0.05, 0) is 376 Å². The molecule has 0 saturated heterocycles. The minimum absolute atomic E-state index is 0.00908. The van der Waals surface area contributed by atoms with E-state index in [2.05, 4.69) is 243 Å². The van der Waals surface area contributed by atoms with E-state index in [1.54, 1.807) is 38.1 Å². The van der Waals surface area contributed by atoms with Crippen molar-refractivity contribution >= 4 is 103 Å². The molecule has 0 atom stereocenters. The molecule has 145 heavy (non-hydrogen) atoms. The maximum atomic E-state index is 12.8. The molecular weight excluding hydrogens is 1830 g/mol. The van der Waals surface area contributed by atoms with Gasteiger partial charge in [0, 0.05) is 47.9 Å². The summed E-state index contributed by atoms with van der Waals surface area (Å²) in [6.07, 6.45) is 9.41. The van der Waals surface area contributed by atoms with E-state index in [4.69, 9.17) is 23.7 Å². The zero-order chi connectivity index (χ0) is 107. The van der Waals surface area contributed by atoms with E-state index in [1.807, 2.05) is 130 Å². The summed E-state index contributed by atoms with van der Waals surface area (Å²) in [6, 6.07) is 58.9. The van der Waals surface area contributed by atoms with Gasteiger partial charge in [-0.2, -0.15) is 0 Å². The van der Waals surface area contributed by atoms with Crippen LogP contribution < -0.4 is 0 Å². The average Bonchev–Trinajstić information content (AvgIpc) is 0.811. The zero-order valence-corrected chi connectivity index (χ0v) is 93.4. The largest absolute Gasteiger partial charge is 0.462 e. The summed E-state index contributed by atoms with van der Waals surface area (Å²) in [5.41, 5.74) is 40.9. The summed E-state index contributed by atoms with van der Waals surface area (Å²) in [4.78, 5) is 110. The van der Waals surface area contributed by atoms with Crippen LogP contribution in [0.2, 0.25) is 39.3 Å². The Kier molecular flexibility index (Phi) is 35.8. The van der Waals surface area contributed by atoms with Crippen LogP contribution in [0.1, 0.15) is 386 Å². The number of hydrogen-bond donors (Lipinski definition) is 0. The molecule has 0 spiro atoms. The lowest BCUT2D eigenvalue weighted by molar-refractivity contribution is 0.0516. The fraction of sp³-hybridized carbons (Fsp3) is 0.372. The molecule has 0 unspecified atom stereocenters. The molecule has 5 aliphatic carbocycles. The van der Waals surface area contributed by atoms with Gasteiger partial charge in [-0.15, -0.1) is 0 Å². The highest BCUT2D eigenvalue weighted by molar-refractivity contribution is 6.82. The summed E-state index contributed by atoms with van der Waals surface area (Å²) >= 11 is 0. The number of carbonyl (C=O) groups is 9. The zero-order valence-electron chi connectivity index (χ0n) is 91.4.